The Morgan fingerprint density at radius 1 is 1.44 bits per heavy atom. The topological polar surface area (TPSA) is 91.9 Å². The number of hydrogen-bond donors (Lipinski definition) is 4. The maximum absolute atomic E-state index is 9.65. The van der Waals surface area contributed by atoms with Crippen molar-refractivity contribution >= 4 is 5.96 Å². The van der Waals surface area contributed by atoms with Crippen LogP contribution in [0, 0.1) is 0 Å². The van der Waals surface area contributed by atoms with E-state index in [2.05, 4.69) is 15.8 Å². The number of ether oxygens (including phenoxy) is 1. The number of nitrogens with zero attached hydrogens (tertiary/aromatic N) is 1. The number of guanidine groups is 1. The molecule has 0 bridgehead atoms. The quantitative estimate of drug-likeness (QED) is 0.308. The van der Waals surface area contributed by atoms with Crippen LogP contribution in [0.1, 0.15) is 6.92 Å². The molecule has 0 saturated heterocycles. The first-order valence-electron chi connectivity index (χ1n) is 5.87. The lowest BCUT2D eigenvalue weighted by atomic mass is 10.3. The summed E-state index contributed by atoms with van der Waals surface area (Å²) >= 11 is 0. The summed E-state index contributed by atoms with van der Waals surface area (Å²) in [6.45, 7) is 3.02. The van der Waals surface area contributed by atoms with Gasteiger partial charge in [-0.3, -0.25) is 10.4 Å². The van der Waals surface area contributed by atoms with Crippen molar-refractivity contribution in [2.75, 3.05) is 19.7 Å². The number of rotatable bonds is 7. The van der Waals surface area contributed by atoms with Gasteiger partial charge in [0.2, 0.25) is 5.96 Å². The summed E-state index contributed by atoms with van der Waals surface area (Å²) in [6, 6.07) is 9.34. The van der Waals surface area contributed by atoms with Gasteiger partial charge >= 0.3 is 0 Å². The van der Waals surface area contributed by atoms with Crippen molar-refractivity contribution in [1.29, 1.82) is 0 Å². The van der Waals surface area contributed by atoms with Gasteiger partial charge in [-0.1, -0.05) is 18.2 Å². The summed E-state index contributed by atoms with van der Waals surface area (Å²) in [6.07, 6.45) is -0.632. The predicted molar refractivity (Wildman–Crippen MR) is 71.2 cm³/mol. The maximum atomic E-state index is 9.65. The average molecular weight is 252 g/mol. The van der Waals surface area contributed by atoms with Crippen LogP contribution in [0.15, 0.2) is 35.3 Å². The highest BCUT2D eigenvalue weighted by atomic mass is 16.5. The first-order valence-corrected chi connectivity index (χ1v) is 5.87. The van der Waals surface area contributed by atoms with E-state index in [4.69, 9.17) is 10.5 Å². The van der Waals surface area contributed by atoms with E-state index in [9.17, 15) is 5.11 Å². The third kappa shape index (κ3) is 6.07. The minimum Gasteiger partial charge on any atom is -0.491 e. The number of hydrogen-bond acceptors (Lipinski definition) is 4. The molecule has 0 saturated carbocycles. The molecule has 100 valence electrons. The van der Waals surface area contributed by atoms with E-state index < -0.39 is 6.10 Å². The van der Waals surface area contributed by atoms with Crippen LogP contribution in [0.25, 0.3) is 0 Å². The van der Waals surface area contributed by atoms with Gasteiger partial charge in [-0.2, -0.15) is 0 Å². The van der Waals surface area contributed by atoms with Crippen molar-refractivity contribution in [1.82, 2.24) is 10.9 Å². The van der Waals surface area contributed by atoms with Crippen molar-refractivity contribution in [2.45, 2.75) is 13.0 Å². The third-order valence-electron chi connectivity index (χ3n) is 2.07. The first-order chi connectivity index (χ1) is 8.72. The van der Waals surface area contributed by atoms with Crippen LogP contribution in [0.3, 0.4) is 0 Å². The average Bonchev–Trinajstić information content (AvgIpc) is 2.38. The van der Waals surface area contributed by atoms with Crippen molar-refractivity contribution in [2.24, 2.45) is 10.7 Å². The zero-order valence-electron chi connectivity index (χ0n) is 10.5. The van der Waals surface area contributed by atoms with Crippen LogP contribution in [-0.2, 0) is 0 Å². The Bertz CT molecular complexity index is 356. The molecule has 1 atom stereocenters. The molecule has 18 heavy (non-hydrogen) atoms. The molecule has 1 aromatic rings. The van der Waals surface area contributed by atoms with Crippen molar-refractivity contribution in [3.8, 4) is 5.75 Å². The minimum absolute atomic E-state index is 0.212. The predicted octanol–water partition coefficient (Wildman–Crippen LogP) is -0.145. The third-order valence-corrected chi connectivity index (χ3v) is 2.07. The van der Waals surface area contributed by atoms with Crippen LogP contribution in [-0.4, -0.2) is 36.9 Å². The Hall–Kier alpha value is -1.79. The van der Waals surface area contributed by atoms with Crippen LogP contribution >= 0.6 is 0 Å². The fraction of sp³-hybridized carbons (Fsp3) is 0.417. The number of benzene rings is 1. The normalized spacial score (nSPS) is 13.1. The summed E-state index contributed by atoms with van der Waals surface area (Å²) in [5, 5.41) is 9.65. The van der Waals surface area contributed by atoms with Gasteiger partial charge in [-0.15, -0.1) is 0 Å². The summed E-state index contributed by atoms with van der Waals surface area (Å²) in [7, 11) is 0. The smallest absolute Gasteiger partial charge is 0.203 e. The fourth-order valence-corrected chi connectivity index (χ4v) is 1.24. The fourth-order valence-electron chi connectivity index (χ4n) is 1.24. The molecule has 0 radical (unpaired) electrons. The Labute approximate surface area is 107 Å². The number of aliphatic hydroxyl groups is 1. The zero-order chi connectivity index (χ0) is 13.2. The lowest BCUT2D eigenvalue weighted by Crippen LogP contribution is -2.46. The number of aliphatic hydroxyl groups excluding tert-OH is 1. The summed E-state index contributed by atoms with van der Waals surface area (Å²) in [5.41, 5.74) is 10.9. The van der Waals surface area contributed by atoms with Gasteiger partial charge in [0, 0.05) is 13.1 Å². The van der Waals surface area contributed by atoms with Gasteiger partial charge in [0.15, 0.2) is 0 Å². The number of nitrogens with two attached hydrogens (primary N) is 1. The van der Waals surface area contributed by atoms with Gasteiger partial charge in [0.05, 0.1) is 0 Å². The second kappa shape index (κ2) is 8.32. The first kappa shape index (κ1) is 14.3. The van der Waals surface area contributed by atoms with E-state index in [1.54, 1.807) is 0 Å². The van der Waals surface area contributed by atoms with E-state index in [1.165, 1.54) is 0 Å². The lowest BCUT2D eigenvalue weighted by Gasteiger charge is -2.14. The second-order valence-corrected chi connectivity index (χ2v) is 3.64. The molecule has 0 heterocycles. The lowest BCUT2D eigenvalue weighted by molar-refractivity contribution is 0.105. The molecule has 0 amide bonds. The number of nitrogens with one attached hydrogen (secondary N) is 2. The van der Waals surface area contributed by atoms with Crippen molar-refractivity contribution in [3.63, 3.8) is 0 Å². The van der Waals surface area contributed by atoms with Crippen molar-refractivity contribution in [3.05, 3.63) is 30.3 Å². The molecule has 0 fully saturated rings. The van der Waals surface area contributed by atoms with Crippen LogP contribution < -0.4 is 21.3 Å². The number of para-hydroxylation sites is 1. The number of aliphatic imine (C=N–C) groups is 1. The highest BCUT2D eigenvalue weighted by molar-refractivity contribution is 5.77. The van der Waals surface area contributed by atoms with Gasteiger partial charge in [0.25, 0.3) is 0 Å². The van der Waals surface area contributed by atoms with Crippen LogP contribution in [0.5, 0.6) is 5.75 Å². The zero-order valence-corrected chi connectivity index (χ0v) is 10.5. The van der Waals surface area contributed by atoms with Crippen LogP contribution in [0.4, 0.5) is 0 Å². The highest BCUT2D eigenvalue weighted by Gasteiger charge is 2.04. The molecule has 0 aromatic heterocycles. The molecule has 6 nitrogen and oxygen atoms in total. The Morgan fingerprint density at radius 2 is 2.17 bits per heavy atom. The Kier molecular flexibility index (Phi) is 6.60. The van der Waals surface area contributed by atoms with Crippen molar-refractivity contribution < 1.29 is 9.84 Å². The maximum Gasteiger partial charge on any atom is 0.203 e. The van der Waals surface area contributed by atoms with Gasteiger partial charge in [-0.25, -0.2) is 5.43 Å². The molecule has 1 unspecified atom stereocenters. The molecule has 6 heteroatoms. The SMILES string of the molecule is CCN=C(N)NNCC(O)COc1ccccc1. The van der Waals surface area contributed by atoms with E-state index in [-0.39, 0.29) is 6.61 Å². The van der Waals surface area contributed by atoms with Crippen LogP contribution in [0.2, 0.25) is 0 Å². The summed E-state index contributed by atoms with van der Waals surface area (Å²) < 4.78 is 5.39. The van der Waals surface area contributed by atoms with E-state index in [0.717, 1.165) is 5.75 Å². The van der Waals surface area contributed by atoms with Gasteiger partial charge in [0.1, 0.15) is 18.5 Å². The second-order valence-electron chi connectivity index (χ2n) is 3.64. The molecule has 5 N–H and O–H groups in total. The summed E-state index contributed by atoms with van der Waals surface area (Å²) in [5.74, 6) is 1.03. The monoisotopic (exact) mass is 252 g/mol. The summed E-state index contributed by atoms with van der Waals surface area (Å²) in [4.78, 5) is 3.92. The van der Waals surface area contributed by atoms with Gasteiger partial charge in [-0.05, 0) is 19.1 Å². The molecule has 1 aromatic carbocycles. The molecule has 1 rings (SSSR count). The number of hydrazine groups is 1. The molecule has 0 spiro atoms. The van der Waals surface area contributed by atoms with E-state index in [0.29, 0.717) is 19.0 Å². The minimum atomic E-state index is -0.632. The van der Waals surface area contributed by atoms with E-state index in [1.807, 2.05) is 37.3 Å². The standard InChI is InChI=1S/C12H20N4O2/c1-2-14-12(13)16-15-8-10(17)9-18-11-6-4-3-5-7-11/h3-7,10,15,17H,2,8-9H2,1H3,(H3,13,14,16). The molecule has 0 aliphatic carbocycles. The molecular weight excluding hydrogens is 232 g/mol. The Morgan fingerprint density at radius 3 is 2.83 bits per heavy atom. The highest BCUT2D eigenvalue weighted by Crippen LogP contribution is 2.08. The molecule has 0 aliphatic heterocycles. The Balaban J connectivity index is 2.14. The van der Waals surface area contributed by atoms with E-state index >= 15 is 0 Å². The molecular formula is C12H20N4O2. The molecule has 0 aliphatic rings. The van der Waals surface area contributed by atoms with Gasteiger partial charge < -0.3 is 15.6 Å². The largest absolute Gasteiger partial charge is 0.491 e.